The minimum Gasteiger partial charge on any atom is -0.497 e. The van der Waals surface area contributed by atoms with Crippen molar-refractivity contribution in [1.29, 1.82) is 0 Å². The van der Waals surface area contributed by atoms with Gasteiger partial charge in [-0.3, -0.25) is 9.79 Å². The molecule has 0 aliphatic carbocycles. The summed E-state index contributed by atoms with van der Waals surface area (Å²) in [6.07, 6.45) is 0. The largest absolute Gasteiger partial charge is 0.497 e. The number of aryl methyl sites for hydroxylation is 2. The average molecular weight is 496 g/mol. The van der Waals surface area contributed by atoms with Crippen LogP contribution in [0.3, 0.4) is 0 Å². The lowest BCUT2D eigenvalue weighted by Gasteiger charge is -2.14. The highest BCUT2D eigenvalue weighted by molar-refractivity contribution is 14.0. The van der Waals surface area contributed by atoms with Crippen LogP contribution in [-0.2, 0) is 6.54 Å². The zero-order valence-electron chi connectivity index (χ0n) is 16.8. The molecule has 7 heteroatoms. The third kappa shape index (κ3) is 7.38. The highest BCUT2D eigenvalue weighted by Gasteiger charge is 2.06. The number of benzene rings is 2. The van der Waals surface area contributed by atoms with Crippen molar-refractivity contribution in [3.63, 3.8) is 0 Å². The Morgan fingerprint density at radius 3 is 2.46 bits per heavy atom. The number of ether oxygens (including phenoxy) is 1. The van der Waals surface area contributed by atoms with E-state index < -0.39 is 0 Å². The first-order chi connectivity index (χ1) is 13.0. The summed E-state index contributed by atoms with van der Waals surface area (Å²) in [5.41, 5.74) is 4.32. The molecule has 28 heavy (non-hydrogen) atoms. The zero-order chi connectivity index (χ0) is 19.6. The van der Waals surface area contributed by atoms with Crippen molar-refractivity contribution in [2.75, 3.05) is 27.2 Å². The Balaban J connectivity index is 0.00000392. The fourth-order valence-electron chi connectivity index (χ4n) is 2.67. The van der Waals surface area contributed by atoms with E-state index in [1.807, 2.05) is 6.07 Å². The molecule has 0 radical (unpaired) electrons. The maximum Gasteiger partial charge on any atom is 0.251 e. The van der Waals surface area contributed by atoms with Crippen molar-refractivity contribution < 1.29 is 9.53 Å². The number of halogens is 1. The van der Waals surface area contributed by atoms with Gasteiger partial charge in [0.25, 0.3) is 5.91 Å². The van der Waals surface area contributed by atoms with Gasteiger partial charge in [-0.15, -0.1) is 24.0 Å². The summed E-state index contributed by atoms with van der Waals surface area (Å²) in [5.74, 6) is 1.23. The van der Waals surface area contributed by atoms with Crippen molar-refractivity contribution in [2.45, 2.75) is 20.4 Å². The molecule has 0 aromatic heterocycles. The summed E-state index contributed by atoms with van der Waals surface area (Å²) in [4.78, 5) is 16.4. The van der Waals surface area contributed by atoms with Gasteiger partial charge in [0.05, 0.1) is 7.11 Å². The minimum absolute atomic E-state index is 0. The van der Waals surface area contributed by atoms with Crippen LogP contribution < -0.4 is 20.7 Å². The predicted octanol–water partition coefficient (Wildman–Crippen LogP) is 3.03. The van der Waals surface area contributed by atoms with Crippen LogP contribution in [0.4, 0.5) is 0 Å². The third-order valence-corrected chi connectivity index (χ3v) is 4.20. The molecule has 152 valence electrons. The van der Waals surface area contributed by atoms with E-state index in [0.29, 0.717) is 36.9 Å². The molecule has 0 saturated heterocycles. The maximum absolute atomic E-state index is 12.2. The Hall–Kier alpha value is -2.29. The molecule has 0 aliphatic rings. The molecule has 0 heterocycles. The number of nitrogens with one attached hydrogen (secondary N) is 3. The number of rotatable bonds is 7. The van der Waals surface area contributed by atoms with Gasteiger partial charge >= 0.3 is 0 Å². The SMILES string of the molecule is CN=C(NCCNC(=O)c1cccc(OC)c1)NCc1ccc(C)cc1C.I. The van der Waals surface area contributed by atoms with Crippen LogP contribution in [0.2, 0.25) is 0 Å². The zero-order valence-corrected chi connectivity index (χ0v) is 19.2. The molecule has 0 atom stereocenters. The van der Waals surface area contributed by atoms with Gasteiger partial charge in [-0.2, -0.15) is 0 Å². The summed E-state index contributed by atoms with van der Waals surface area (Å²) >= 11 is 0. The van der Waals surface area contributed by atoms with E-state index in [2.05, 4.69) is 53.0 Å². The third-order valence-electron chi connectivity index (χ3n) is 4.20. The van der Waals surface area contributed by atoms with Crippen LogP contribution in [-0.4, -0.2) is 39.1 Å². The molecular weight excluding hydrogens is 467 g/mol. The van der Waals surface area contributed by atoms with Gasteiger partial charge < -0.3 is 20.7 Å². The van der Waals surface area contributed by atoms with Crippen molar-refractivity contribution in [3.05, 3.63) is 64.7 Å². The van der Waals surface area contributed by atoms with Crippen molar-refractivity contribution in [1.82, 2.24) is 16.0 Å². The number of nitrogens with zero attached hydrogens (tertiary/aromatic N) is 1. The molecule has 0 spiro atoms. The monoisotopic (exact) mass is 496 g/mol. The van der Waals surface area contributed by atoms with E-state index in [-0.39, 0.29) is 29.9 Å². The second-order valence-corrected chi connectivity index (χ2v) is 6.27. The Morgan fingerprint density at radius 1 is 1.04 bits per heavy atom. The lowest BCUT2D eigenvalue weighted by molar-refractivity contribution is 0.0954. The quantitative estimate of drug-likeness (QED) is 0.239. The summed E-state index contributed by atoms with van der Waals surface area (Å²) in [6.45, 7) is 5.95. The molecule has 2 rings (SSSR count). The number of aliphatic imine (C=N–C) groups is 1. The van der Waals surface area contributed by atoms with Crippen molar-refractivity contribution >= 4 is 35.8 Å². The molecule has 2 aromatic carbocycles. The van der Waals surface area contributed by atoms with Gasteiger partial charge in [-0.1, -0.05) is 29.8 Å². The number of hydrogen-bond donors (Lipinski definition) is 3. The number of amides is 1. The van der Waals surface area contributed by atoms with Gasteiger partial charge in [0, 0.05) is 32.2 Å². The number of hydrogen-bond acceptors (Lipinski definition) is 3. The van der Waals surface area contributed by atoms with Crippen molar-refractivity contribution in [2.24, 2.45) is 4.99 Å². The van der Waals surface area contributed by atoms with Gasteiger partial charge in [-0.05, 0) is 43.2 Å². The van der Waals surface area contributed by atoms with E-state index in [1.54, 1.807) is 32.4 Å². The maximum atomic E-state index is 12.2. The Bertz CT molecular complexity index is 809. The molecule has 1 amide bonds. The molecular formula is C21H29IN4O2. The fraction of sp³-hybridized carbons (Fsp3) is 0.333. The highest BCUT2D eigenvalue weighted by Crippen LogP contribution is 2.12. The van der Waals surface area contributed by atoms with Gasteiger partial charge in [-0.25, -0.2) is 0 Å². The molecule has 3 N–H and O–H groups in total. The first-order valence-electron chi connectivity index (χ1n) is 8.96. The van der Waals surface area contributed by atoms with E-state index >= 15 is 0 Å². The molecule has 6 nitrogen and oxygen atoms in total. The topological polar surface area (TPSA) is 74.8 Å². The molecule has 0 bridgehead atoms. The number of methoxy groups -OCH3 is 1. The minimum atomic E-state index is -0.131. The second kappa shape index (κ2) is 12.2. The summed E-state index contributed by atoms with van der Waals surface area (Å²) in [7, 11) is 3.31. The van der Waals surface area contributed by atoms with Crippen molar-refractivity contribution in [3.8, 4) is 5.75 Å². The van der Waals surface area contributed by atoms with Crippen LogP contribution in [0, 0.1) is 13.8 Å². The first kappa shape index (κ1) is 23.7. The Labute approximate surface area is 184 Å². The molecule has 2 aromatic rings. The summed E-state index contributed by atoms with van der Waals surface area (Å²) < 4.78 is 5.14. The van der Waals surface area contributed by atoms with Crippen LogP contribution in [0.1, 0.15) is 27.0 Å². The van der Waals surface area contributed by atoms with Gasteiger partial charge in [0.2, 0.25) is 0 Å². The van der Waals surface area contributed by atoms with Crippen LogP contribution in [0.15, 0.2) is 47.5 Å². The summed E-state index contributed by atoms with van der Waals surface area (Å²) in [6, 6.07) is 13.5. The van der Waals surface area contributed by atoms with Crippen LogP contribution in [0.25, 0.3) is 0 Å². The fourth-order valence-corrected chi connectivity index (χ4v) is 2.67. The predicted molar refractivity (Wildman–Crippen MR) is 125 cm³/mol. The smallest absolute Gasteiger partial charge is 0.251 e. The highest BCUT2D eigenvalue weighted by atomic mass is 127. The second-order valence-electron chi connectivity index (χ2n) is 6.27. The lowest BCUT2D eigenvalue weighted by atomic mass is 10.1. The normalized spacial score (nSPS) is 10.6. The standard InChI is InChI=1S/C21H28N4O2.HI/c1-15-8-9-18(16(2)12-15)14-25-21(22-3)24-11-10-23-20(26)17-6-5-7-19(13-17)27-4;/h5-9,12-13H,10-11,14H2,1-4H3,(H,23,26)(H2,22,24,25);1H. The molecule has 0 unspecified atom stereocenters. The number of carbonyl (C=O) groups is 1. The number of guanidine groups is 1. The molecule has 0 aliphatic heterocycles. The Morgan fingerprint density at radius 2 is 1.79 bits per heavy atom. The lowest BCUT2D eigenvalue weighted by Crippen LogP contribution is -2.41. The van der Waals surface area contributed by atoms with E-state index in [4.69, 9.17) is 4.74 Å². The Kier molecular flexibility index (Phi) is 10.4. The summed E-state index contributed by atoms with van der Waals surface area (Å²) in [5, 5.41) is 9.37. The van der Waals surface area contributed by atoms with Gasteiger partial charge in [0.15, 0.2) is 5.96 Å². The van der Waals surface area contributed by atoms with Gasteiger partial charge in [0.1, 0.15) is 5.75 Å². The number of carbonyl (C=O) groups excluding carboxylic acids is 1. The van der Waals surface area contributed by atoms with Crippen LogP contribution in [0.5, 0.6) is 5.75 Å². The molecule has 0 saturated carbocycles. The average Bonchev–Trinajstić information content (AvgIpc) is 2.68. The first-order valence-corrected chi connectivity index (χ1v) is 8.96. The van der Waals surface area contributed by atoms with E-state index in [9.17, 15) is 4.79 Å². The van der Waals surface area contributed by atoms with E-state index in [1.165, 1.54) is 16.7 Å². The van der Waals surface area contributed by atoms with E-state index in [0.717, 1.165) is 0 Å². The van der Waals surface area contributed by atoms with Crippen LogP contribution >= 0.6 is 24.0 Å². The molecule has 0 fully saturated rings.